The molecule has 0 spiro atoms. The summed E-state index contributed by atoms with van der Waals surface area (Å²) in [5.41, 5.74) is 0. The van der Waals surface area contributed by atoms with Gasteiger partial charge in [0.15, 0.2) is 0 Å². The molecule has 0 aliphatic heterocycles. The largest absolute Gasteiger partial charge is 0.475 e. The van der Waals surface area contributed by atoms with Crippen LogP contribution in [0, 0.1) is 0 Å². The molecule has 0 saturated carbocycles. The van der Waals surface area contributed by atoms with Crippen molar-refractivity contribution in [2.24, 2.45) is 0 Å². The summed E-state index contributed by atoms with van der Waals surface area (Å²) in [5, 5.41) is 21.1. The van der Waals surface area contributed by atoms with Crippen molar-refractivity contribution in [1.82, 2.24) is 15.3 Å². The van der Waals surface area contributed by atoms with Crippen molar-refractivity contribution in [2.45, 2.75) is 26.0 Å². The number of ether oxygens (including phenoxy) is 2. The highest BCUT2D eigenvalue weighted by Crippen LogP contribution is 2.13. The monoisotopic (exact) mass is 299 g/mol. The van der Waals surface area contributed by atoms with Crippen molar-refractivity contribution in [3.05, 3.63) is 12.4 Å². The number of hydrogen-bond acceptors (Lipinski definition) is 8. The number of esters is 1. The van der Waals surface area contributed by atoms with Crippen molar-refractivity contribution in [3.63, 3.8) is 0 Å². The molecule has 0 radical (unpaired) electrons. The van der Waals surface area contributed by atoms with E-state index < -0.39 is 18.0 Å². The lowest BCUT2D eigenvalue weighted by molar-refractivity contribution is -0.158. The van der Waals surface area contributed by atoms with Crippen molar-refractivity contribution >= 4 is 11.9 Å². The highest BCUT2D eigenvalue weighted by molar-refractivity contribution is 6.29. The number of nitrogens with zero attached hydrogens (tertiary/aromatic N) is 2. The van der Waals surface area contributed by atoms with E-state index in [0.717, 1.165) is 12.4 Å². The summed E-state index contributed by atoms with van der Waals surface area (Å²) >= 11 is 0. The van der Waals surface area contributed by atoms with E-state index in [2.05, 4.69) is 20.0 Å². The van der Waals surface area contributed by atoms with Crippen LogP contribution < -0.4 is 14.8 Å². The Morgan fingerprint density at radius 1 is 1.33 bits per heavy atom. The average Bonchev–Trinajstić information content (AvgIpc) is 2.43. The molecule has 116 valence electrons. The van der Waals surface area contributed by atoms with Gasteiger partial charge in [-0.25, -0.2) is 19.6 Å². The third-order valence-electron chi connectivity index (χ3n) is 2.17. The number of aliphatic hydroxyl groups is 1. The van der Waals surface area contributed by atoms with Crippen molar-refractivity contribution in [1.29, 1.82) is 0 Å². The smallest absolute Gasteiger partial charge is 0.424 e. The Morgan fingerprint density at radius 2 is 2.00 bits per heavy atom. The van der Waals surface area contributed by atoms with E-state index in [-0.39, 0.29) is 24.4 Å². The molecule has 1 atom stereocenters. The molecule has 0 aliphatic rings. The number of carbonyl (C=O) groups excluding carboxylic acids is 1. The van der Waals surface area contributed by atoms with Crippen molar-refractivity contribution < 1.29 is 29.3 Å². The summed E-state index contributed by atoms with van der Waals surface area (Å²) in [6.45, 7) is 4.22. The van der Waals surface area contributed by atoms with Gasteiger partial charge < -0.3 is 25.0 Å². The molecular weight excluding hydrogens is 282 g/mol. The normalized spacial score (nSPS) is 12.0. The van der Waals surface area contributed by atoms with Crippen LogP contribution in [-0.4, -0.2) is 57.4 Å². The fraction of sp³-hybridized carbons (Fsp3) is 0.500. The SMILES string of the molecule is CC(C)NCC(O)COc1cc(OC(=O)C(=O)O)ncn1. The van der Waals surface area contributed by atoms with E-state index in [1.54, 1.807) is 0 Å². The van der Waals surface area contributed by atoms with Gasteiger partial charge in [0.25, 0.3) is 0 Å². The van der Waals surface area contributed by atoms with Gasteiger partial charge in [-0.15, -0.1) is 0 Å². The first kappa shape index (κ1) is 16.8. The van der Waals surface area contributed by atoms with E-state index in [1.807, 2.05) is 13.8 Å². The zero-order valence-corrected chi connectivity index (χ0v) is 11.6. The quantitative estimate of drug-likeness (QED) is 0.437. The summed E-state index contributed by atoms with van der Waals surface area (Å²) in [6, 6.07) is 1.39. The van der Waals surface area contributed by atoms with Crippen LogP contribution in [0.5, 0.6) is 11.8 Å². The predicted octanol–water partition coefficient (Wildman–Crippen LogP) is -0.796. The lowest BCUT2D eigenvalue weighted by Crippen LogP contribution is -2.35. The van der Waals surface area contributed by atoms with Crippen LogP contribution in [0.4, 0.5) is 0 Å². The van der Waals surface area contributed by atoms with Crippen LogP contribution in [0.15, 0.2) is 12.4 Å². The van der Waals surface area contributed by atoms with E-state index >= 15 is 0 Å². The molecule has 1 heterocycles. The Morgan fingerprint density at radius 3 is 2.62 bits per heavy atom. The number of hydrogen-bond donors (Lipinski definition) is 3. The Hall–Kier alpha value is -2.26. The molecule has 1 rings (SSSR count). The highest BCUT2D eigenvalue weighted by Gasteiger charge is 2.15. The molecule has 9 nitrogen and oxygen atoms in total. The third-order valence-corrected chi connectivity index (χ3v) is 2.17. The van der Waals surface area contributed by atoms with Gasteiger partial charge >= 0.3 is 11.9 Å². The maximum absolute atomic E-state index is 10.9. The van der Waals surface area contributed by atoms with Gasteiger partial charge in [0.1, 0.15) is 19.0 Å². The molecule has 0 amide bonds. The van der Waals surface area contributed by atoms with Gasteiger partial charge in [-0.2, -0.15) is 0 Å². The van der Waals surface area contributed by atoms with E-state index in [4.69, 9.17) is 9.84 Å². The number of rotatable bonds is 7. The minimum Gasteiger partial charge on any atom is -0.475 e. The number of aliphatic hydroxyl groups excluding tert-OH is 1. The second kappa shape index (κ2) is 8.12. The maximum Gasteiger partial charge on any atom is 0.424 e. The predicted molar refractivity (Wildman–Crippen MR) is 69.9 cm³/mol. The fourth-order valence-corrected chi connectivity index (χ4v) is 1.21. The lowest BCUT2D eigenvalue weighted by atomic mass is 10.3. The molecule has 0 fully saturated rings. The van der Waals surface area contributed by atoms with Crippen LogP contribution in [-0.2, 0) is 9.59 Å². The van der Waals surface area contributed by atoms with Crippen molar-refractivity contribution in [3.8, 4) is 11.8 Å². The summed E-state index contributed by atoms with van der Waals surface area (Å²) < 4.78 is 9.66. The summed E-state index contributed by atoms with van der Waals surface area (Å²) in [4.78, 5) is 28.5. The molecule has 1 aromatic heterocycles. The maximum atomic E-state index is 10.9. The number of carboxylic acids is 1. The molecule has 0 saturated heterocycles. The number of carboxylic acid groups (broad SMARTS) is 1. The molecular formula is C12H17N3O6. The topological polar surface area (TPSA) is 131 Å². The average molecular weight is 299 g/mol. The van der Waals surface area contributed by atoms with E-state index in [0.29, 0.717) is 6.54 Å². The number of carbonyl (C=O) groups is 2. The second-order valence-corrected chi connectivity index (χ2v) is 4.42. The molecule has 0 bridgehead atoms. The Bertz CT molecular complexity index is 494. The van der Waals surface area contributed by atoms with Crippen LogP contribution in [0.2, 0.25) is 0 Å². The van der Waals surface area contributed by atoms with Gasteiger partial charge in [0.05, 0.1) is 6.07 Å². The number of nitrogens with one attached hydrogen (secondary N) is 1. The van der Waals surface area contributed by atoms with Crippen LogP contribution in [0.3, 0.4) is 0 Å². The van der Waals surface area contributed by atoms with Gasteiger partial charge in [0, 0.05) is 12.6 Å². The molecule has 3 N–H and O–H groups in total. The third kappa shape index (κ3) is 6.63. The fourth-order valence-electron chi connectivity index (χ4n) is 1.21. The lowest BCUT2D eigenvalue weighted by Gasteiger charge is -2.14. The molecule has 1 unspecified atom stereocenters. The minimum absolute atomic E-state index is 0.0248. The van der Waals surface area contributed by atoms with Gasteiger partial charge in [0.2, 0.25) is 11.8 Å². The number of aliphatic carboxylic acids is 1. The molecule has 21 heavy (non-hydrogen) atoms. The van der Waals surface area contributed by atoms with E-state index in [9.17, 15) is 14.7 Å². The number of aromatic nitrogens is 2. The zero-order chi connectivity index (χ0) is 15.8. The molecule has 0 aromatic carbocycles. The summed E-state index contributed by atoms with van der Waals surface area (Å²) in [5.74, 6) is -3.38. The first-order valence-corrected chi connectivity index (χ1v) is 6.20. The van der Waals surface area contributed by atoms with Gasteiger partial charge in [-0.3, -0.25) is 0 Å². The summed E-state index contributed by atoms with van der Waals surface area (Å²) in [6.07, 6.45) is 0.311. The zero-order valence-electron chi connectivity index (χ0n) is 11.6. The Kier molecular flexibility index (Phi) is 6.50. The van der Waals surface area contributed by atoms with Gasteiger partial charge in [-0.05, 0) is 0 Å². The van der Waals surface area contributed by atoms with Gasteiger partial charge in [-0.1, -0.05) is 13.8 Å². The first-order chi connectivity index (χ1) is 9.88. The standard InChI is InChI=1S/C12H17N3O6/c1-7(2)13-4-8(16)5-20-9-3-10(15-6-14-9)21-12(19)11(17)18/h3,6-8,13,16H,4-5H2,1-2H3,(H,17,18). The van der Waals surface area contributed by atoms with Crippen molar-refractivity contribution in [2.75, 3.05) is 13.2 Å². The summed E-state index contributed by atoms with van der Waals surface area (Å²) in [7, 11) is 0. The minimum atomic E-state index is -1.73. The first-order valence-electron chi connectivity index (χ1n) is 6.20. The second-order valence-electron chi connectivity index (χ2n) is 4.42. The Balaban J connectivity index is 2.49. The van der Waals surface area contributed by atoms with E-state index in [1.165, 1.54) is 0 Å². The molecule has 1 aromatic rings. The van der Waals surface area contributed by atoms with Crippen LogP contribution >= 0.6 is 0 Å². The Labute approximate surface area is 120 Å². The van der Waals surface area contributed by atoms with Crippen LogP contribution in [0.1, 0.15) is 13.8 Å². The molecule has 0 aliphatic carbocycles. The molecule has 9 heteroatoms. The highest BCUT2D eigenvalue weighted by atomic mass is 16.6. The van der Waals surface area contributed by atoms with Crippen LogP contribution in [0.25, 0.3) is 0 Å².